The van der Waals surface area contributed by atoms with Gasteiger partial charge in [0.2, 0.25) is 0 Å². The zero-order valence-electron chi connectivity index (χ0n) is 15.7. The van der Waals surface area contributed by atoms with Crippen LogP contribution >= 0.6 is 35.3 Å². The predicted molar refractivity (Wildman–Crippen MR) is 116 cm³/mol. The number of nitrogens with two attached hydrogens (primary N) is 1. The second kappa shape index (κ2) is 11.6. The van der Waals surface area contributed by atoms with E-state index in [2.05, 4.69) is 27.1 Å². The molecule has 0 saturated heterocycles. The van der Waals surface area contributed by atoms with E-state index in [1.54, 1.807) is 11.3 Å². The van der Waals surface area contributed by atoms with Crippen LogP contribution in [0.1, 0.15) is 39.5 Å². The molecule has 8 heteroatoms. The molecule has 0 radical (unpaired) electrons. The lowest BCUT2D eigenvalue weighted by atomic mass is 10.1. The molecule has 1 heterocycles. The summed E-state index contributed by atoms with van der Waals surface area (Å²) in [5.41, 5.74) is 5.38. The summed E-state index contributed by atoms with van der Waals surface area (Å²) in [6, 6.07) is 4.00. The van der Waals surface area contributed by atoms with Gasteiger partial charge in [-0.3, -0.25) is 4.99 Å². The Morgan fingerprint density at radius 3 is 2.60 bits per heavy atom. The number of halogens is 1. The molecule has 1 atom stereocenters. The quantitative estimate of drug-likeness (QED) is 0.316. The lowest BCUT2D eigenvalue weighted by Gasteiger charge is -2.25. The van der Waals surface area contributed by atoms with Crippen molar-refractivity contribution in [3.63, 3.8) is 0 Å². The summed E-state index contributed by atoms with van der Waals surface area (Å²) in [7, 11) is 0. The number of guanidine groups is 1. The first kappa shape index (κ1) is 24.0. The Morgan fingerprint density at radius 1 is 1.40 bits per heavy atom. The Bertz CT molecular complexity index is 527. The summed E-state index contributed by atoms with van der Waals surface area (Å²) in [6.07, 6.45) is 0.484. The molecular weight excluding hydrogens is 451 g/mol. The highest BCUT2D eigenvalue weighted by Crippen LogP contribution is 2.09. The van der Waals surface area contributed by atoms with E-state index in [0.29, 0.717) is 12.5 Å². The second-order valence-corrected chi connectivity index (χ2v) is 8.01. The molecule has 1 aromatic heterocycles. The molecule has 0 spiro atoms. The van der Waals surface area contributed by atoms with Gasteiger partial charge in [0.1, 0.15) is 5.60 Å². The smallest absolute Gasteiger partial charge is 0.407 e. The molecule has 0 aliphatic rings. The predicted octanol–water partition coefficient (Wildman–Crippen LogP) is 3.36. The minimum atomic E-state index is -0.517. The summed E-state index contributed by atoms with van der Waals surface area (Å²) >= 11 is 1.73. The van der Waals surface area contributed by atoms with Gasteiger partial charge in [-0.25, -0.2) is 4.79 Å². The number of amides is 1. The van der Waals surface area contributed by atoms with Crippen molar-refractivity contribution in [2.24, 2.45) is 16.6 Å². The van der Waals surface area contributed by atoms with E-state index in [0.717, 1.165) is 13.0 Å². The third-order valence-corrected chi connectivity index (χ3v) is 4.16. The third kappa shape index (κ3) is 11.2. The Balaban J connectivity index is 0.00000576. The molecule has 0 saturated carbocycles. The number of thiophene rings is 1. The number of carbonyl (C=O) groups excluding carboxylic acids is 1. The topological polar surface area (TPSA) is 88.7 Å². The molecule has 0 fully saturated rings. The summed E-state index contributed by atoms with van der Waals surface area (Å²) in [4.78, 5) is 17.5. The molecule has 0 aliphatic heterocycles. The highest BCUT2D eigenvalue weighted by Gasteiger charge is 2.21. The highest BCUT2D eigenvalue weighted by molar-refractivity contribution is 14.0. The van der Waals surface area contributed by atoms with Crippen molar-refractivity contribution in [1.29, 1.82) is 0 Å². The van der Waals surface area contributed by atoms with Crippen molar-refractivity contribution in [3.05, 3.63) is 22.4 Å². The average Bonchev–Trinajstić information content (AvgIpc) is 2.94. The standard InChI is InChI=1S/C17H30N4O2S.HI/c1-12(2)14(21-16(22)23-17(3,4)5)11-20-15(18)19-9-8-13-7-6-10-24-13;/h6-7,10,12,14H,8-9,11H2,1-5H3,(H,21,22)(H3,18,19,20);1H. The fraction of sp³-hybridized carbons (Fsp3) is 0.647. The molecule has 1 amide bonds. The summed E-state index contributed by atoms with van der Waals surface area (Å²) in [6.45, 7) is 10.7. The molecule has 1 unspecified atom stereocenters. The van der Waals surface area contributed by atoms with Gasteiger partial charge in [0, 0.05) is 11.4 Å². The van der Waals surface area contributed by atoms with Crippen molar-refractivity contribution < 1.29 is 9.53 Å². The van der Waals surface area contributed by atoms with Crippen LogP contribution in [-0.4, -0.2) is 36.8 Å². The maximum atomic E-state index is 11.9. The Hall–Kier alpha value is -1.03. The highest BCUT2D eigenvalue weighted by atomic mass is 127. The molecule has 144 valence electrons. The summed E-state index contributed by atoms with van der Waals surface area (Å²) in [5.74, 6) is 0.614. The van der Waals surface area contributed by atoms with Crippen LogP contribution in [0, 0.1) is 5.92 Å². The number of nitrogens with one attached hydrogen (secondary N) is 2. The van der Waals surface area contributed by atoms with E-state index in [-0.39, 0.29) is 35.9 Å². The van der Waals surface area contributed by atoms with Crippen LogP contribution in [-0.2, 0) is 11.2 Å². The van der Waals surface area contributed by atoms with Crippen molar-refractivity contribution in [2.45, 2.75) is 52.7 Å². The molecular formula is C17H31IN4O2S. The second-order valence-electron chi connectivity index (χ2n) is 6.98. The minimum absolute atomic E-state index is 0. The van der Waals surface area contributed by atoms with Gasteiger partial charge in [-0.05, 0) is 44.6 Å². The van der Waals surface area contributed by atoms with E-state index in [9.17, 15) is 4.79 Å². The lowest BCUT2D eigenvalue weighted by Crippen LogP contribution is -2.44. The van der Waals surface area contributed by atoms with E-state index < -0.39 is 11.7 Å². The minimum Gasteiger partial charge on any atom is -0.444 e. The molecule has 0 aromatic carbocycles. The number of alkyl carbamates (subject to hydrolysis) is 1. The molecule has 4 N–H and O–H groups in total. The molecule has 0 aliphatic carbocycles. The van der Waals surface area contributed by atoms with Crippen molar-refractivity contribution in [3.8, 4) is 0 Å². The Morgan fingerprint density at radius 2 is 2.08 bits per heavy atom. The maximum Gasteiger partial charge on any atom is 0.407 e. The monoisotopic (exact) mass is 482 g/mol. The molecule has 25 heavy (non-hydrogen) atoms. The first-order chi connectivity index (χ1) is 11.2. The number of hydrogen-bond acceptors (Lipinski definition) is 4. The zero-order valence-corrected chi connectivity index (χ0v) is 18.8. The van der Waals surface area contributed by atoms with Crippen LogP contribution in [0.15, 0.2) is 22.5 Å². The normalized spacial score (nSPS) is 13.1. The largest absolute Gasteiger partial charge is 0.444 e. The maximum absolute atomic E-state index is 11.9. The summed E-state index contributed by atoms with van der Waals surface area (Å²) in [5, 5.41) is 8.01. The van der Waals surface area contributed by atoms with Crippen LogP contribution < -0.4 is 16.4 Å². The summed E-state index contributed by atoms with van der Waals surface area (Å²) < 4.78 is 5.29. The number of hydrogen-bond donors (Lipinski definition) is 3. The fourth-order valence-electron chi connectivity index (χ4n) is 1.90. The SMILES string of the molecule is CC(C)C(CN=C(N)NCCc1cccs1)NC(=O)OC(C)(C)C.I. The molecule has 1 aromatic rings. The fourth-order valence-corrected chi connectivity index (χ4v) is 2.61. The third-order valence-electron chi connectivity index (χ3n) is 3.22. The van der Waals surface area contributed by atoms with Crippen LogP contribution in [0.4, 0.5) is 4.79 Å². The first-order valence-electron chi connectivity index (χ1n) is 8.23. The number of rotatable bonds is 7. The van der Waals surface area contributed by atoms with Crippen LogP contribution in [0.5, 0.6) is 0 Å². The van der Waals surface area contributed by atoms with Crippen LogP contribution in [0.3, 0.4) is 0 Å². The van der Waals surface area contributed by atoms with Gasteiger partial charge in [0.15, 0.2) is 5.96 Å². The van der Waals surface area contributed by atoms with Gasteiger partial charge >= 0.3 is 6.09 Å². The Labute approximate surface area is 172 Å². The van der Waals surface area contributed by atoms with Gasteiger partial charge in [-0.2, -0.15) is 0 Å². The molecule has 0 bridgehead atoms. The van der Waals surface area contributed by atoms with Crippen LogP contribution in [0.2, 0.25) is 0 Å². The van der Waals surface area contributed by atoms with Crippen molar-refractivity contribution in [2.75, 3.05) is 13.1 Å². The Kier molecular flexibility index (Phi) is 11.1. The number of nitrogens with zero attached hydrogens (tertiary/aromatic N) is 1. The van der Waals surface area contributed by atoms with Gasteiger partial charge < -0.3 is 21.1 Å². The van der Waals surface area contributed by atoms with E-state index in [1.165, 1.54) is 4.88 Å². The van der Waals surface area contributed by atoms with Gasteiger partial charge in [-0.15, -0.1) is 35.3 Å². The van der Waals surface area contributed by atoms with E-state index >= 15 is 0 Å². The van der Waals surface area contributed by atoms with Gasteiger partial charge in [0.05, 0.1) is 12.6 Å². The van der Waals surface area contributed by atoms with Crippen molar-refractivity contribution in [1.82, 2.24) is 10.6 Å². The number of ether oxygens (including phenoxy) is 1. The van der Waals surface area contributed by atoms with Gasteiger partial charge in [-0.1, -0.05) is 19.9 Å². The zero-order chi connectivity index (χ0) is 18.2. The van der Waals surface area contributed by atoms with E-state index in [4.69, 9.17) is 10.5 Å². The van der Waals surface area contributed by atoms with Gasteiger partial charge in [0.25, 0.3) is 0 Å². The van der Waals surface area contributed by atoms with Crippen LogP contribution in [0.25, 0.3) is 0 Å². The van der Waals surface area contributed by atoms with Crippen molar-refractivity contribution >= 4 is 47.4 Å². The lowest BCUT2D eigenvalue weighted by molar-refractivity contribution is 0.0493. The molecule has 6 nitrogen and oxygen atoms in total. The molecule has 1 rings (SSSR count). The first-order valence-corrected chi connectivity index (χ1v) is 9.11. The number of aliphatic imine (C=N–C) groups is 1. The number of carbonyl (C=O) groups is 1. The average molecular weight is 482 g/mol. The van der Waals surface area contributed by atoms with E-state index in [1.807, 2.05) is 40.7 Å².